The van der Waals surface area contributed by atoms with E-state index in [1.165, 1.54) is 32.1 Å². The van der Waals surface area contributed by atoms with Gasteiger partial charge in [-0.3, -0.25) is 4.79 Å². The van der Waals surface area contributed by atoms with Crippen molar-refractivity contribution in [1.29, 1.82) is 0 Å². The van der Waals surface area contributed by atoms with Crippen molar-refractivity contribution in [2.75, 3.05) is 6.54 Å². The summed E-state index contributed by atoms with van der Waals surface area (Å²) in [6.07, 6.45) is 8.81. The molecule has 1 aromatic rings. The summed E-state index contributed by atoms with van der Waals surface area (Å²) in [6, 6.07) is 1.72. The van der Waals surface area contributed by atoms with Crippen LogP contribution in [-0.2, 0) is 6.42 Å². The first-order valence-electron chi connectivity index (χ1n) is 9.81. The van der Waals surface area contributed by atoms with Crippen LogP contribution in [-0.4, -0.2) is 22.4 Å². The van der Waals surface area contributed by atoms with Crippen molar-refractivity contribution in [3.05, 3.63) is 27.9 Å². The lowest BCUT2D eigenvalue weighted by Crippen LogP contribution is -2.34. The molecular formula is C20H29N3O2. The Labute approximate surface area is 149 Å². The Bertz CT molecular complexity index is 704. The summed E-state index contributed by atoms with van der Waals surface area (Å²) in [5.74, 6) is 3.06. The number of H-pyrrole nitrogens is 1. The summed E-state index contributed by atoms with van der Waals surface area (Å²) in [6.45, 7) is 4.86. The molecule has 4 aliphatic carbocycles. The summed E-state index contributed by atoms with van der Waals surface area (Å²) < 4.78 is 0. The Balaban J connectivity index is 1.35. The third-order valence-electron chi connectivity index (χ3n) is 6.65. The highest BCUT2D eigenvalue weighted by Crippen LogP contribution is 2.65. The number of hydrogen-bond acceptors (Lipinski definition) is 3. The maximum atomic E-state index is 12.4. The summed E-state index contributed by atoms with van der Waals surface area (Å²) >= 11 is 0. The first kappa shape index (κ1) is 16.8. The second kappa shape index (κ2) is 6.26. The molecule has 0 saturated heterocycles. The molecule has 1 aromatic heterocycles. The fourth-order valence-corrected chi connectivity index (χ4v) is 5.99. The average molecular weight is 343 g/mol. The van der Waals surface area contributed by atoms with Gasteiger partial charge in [0.25, 0.3) is 5.91 Å². The minimum atomic E-state index is -0.437. The van der Waals surface area contributed by atoms with Gasteiger partial charge in [0.2, 0.25) is 0 Å². The van der Waals surface area contributed by atoms with Gasteiger partial charge < -0.3 is 10.3 Å². The van der Waals surface area contributed by atoms with Gasteiger partial charge in [-0.2, -0.15) is 4.98 Å². The van der Waals surface area contributed by atoms with Crippen LogP contribution in [0.1, 0.15) is 68.6 Å². The Morgan fingerprint density at radius 3 is 2.68 bits per heavy atom. The van der Waals surface area contributed by atoms with Gasteiger partial charge in [0.05, 0.1) is 0 Å². The minimum absolute atomic E-state index is 0.219. The molecule has 0 spiro atoms. The molecule has 1 heterocycles. The maximum absolute atomic E-state index is 12.4. The van der Waals surface area contributed by atoms with Crippen molar-refractivity contribution in [2.24, 2.45) is 29.1 Å². The number of amides is 1. The van der Waals surface area contributed by atoms with Gasteiger partial charge in [-0.1, -0.05) is 13.8 Å². The third-order valence-corrected chi connectivity index (χ3v) is 6.65. The van der Waals surface area contributed by atoms with Crippen molar-refractivity contribution >= 4 is 5.91 Å². The largest absolute Gasteiger partial charge is 0.351 e. The summed E-state index contributed by atoms with van der Waals surface area (Å²) in [5, 5.41) is 3.01. The van der Waals surface area contributed by atoms with Crippen molar-refractivity contribution in [3.8, 4) is 0 Å². The molecule has 0 aliphatic heterocycles. The fourth-order valence-electron chi connectivity index (χ4n) is 5.99. The van der Waals surface area contributed by atoms with Crippen LogP contribution >= 0.6 is 0 Å². The molecule has 2 unspecified atom stereocenters. The number of carbonyl (C=O) groups excluding carboxylic acids is 1. The zero-order valence-corrected chi connectivity index (χ0v) is 15.3. The first-order valence-corrected chi connectivity index (χ1v) is 9.81. The fraction of sp³-hybridized carbons (Fsp3) is 0.750. The van der Waals surface area contributed by atoms with Crippen molar-refractivity contribution < 1.29 is 4.79 Å². The smallest absolute Gasteiger partial charge is 0.345 e. The number of aromatic nitrogens is 2. The van der Waals surface area contributed by atoms with E-state index in [9.17, 15) is 9.59 Å². The average Bonchev–Trinajstić information content (AvgIpc) is 2.92. The van der Waals surface area contributed by atoms with E-state index in [1.807, 2.05) is 0 Å². The summed E-state index contributed by atoms with van der Waals surface area (Å²) in [5.41, 5.74) is 1.07. The molecule has 4 aliphatic rings. The highest BCUT2D eigenvalue weighted by atomic mass is 16.2. The van der Waals surface area contributed by atoms with Crippen molar-refractivity contribution in [1.82, 2.24) is 15.3 Å². The molecule has 4 saturated carbocycles. The van der Waals surface area contributed by atoms with Crippen LogP contribution in [0.25, 0.3) is 0 Å². The van der Waals surface area contributed by atoms with Gasteiger partial charge >= 0.3 is 5.69 Å². The SMILES string of the molecule is CC(C)Cc1cc(C(=O)NCCC23CC4CC(C2)C(C4)C3)nc(=O)[nH]1. The number of aromatic amines is 1. The van der Waals surface area contributed by atoms with Gasteiger partial charge in [-0.05, 0) is 80.1 Å². The zero-order valence-electron chi connectivity index (χ0n) is 15.3. The first-order chi connectivity index (χ1) is 11.9. The molecule has 5 heteroatoms. The molecule has 2 N–H and O–H groups in total. The van der Waals surface area contributed by atoms with E-state index in [4.69, 9.17) is 0 Å². The van der Waals surface area contributed by atoms with Gasteiger partial charge in [0.15, 0.2) is 0 Å². The molecule has 5 nitrogen and oxygen atoms in total. The van der Waals surface area contributed by atoms with Crippen LogP contribution in [0.4, 0.5) is 0 Å². The Morgan fingerprint density at radius 1 is 1.32 bits per heavy atom. The van der Waals surface area contributed by atoms with Crippen LogP contribution in [0.15, 0.2) is 10.9 Å². The highest BCUT2D eigenvalue weighted by molar-refractivity contribution is 5.92. The van der Waals surface area contributed by atoms with Gasteiger partial charge in [0, 0.05) is 12.2 Å². The molecule has 5 rings (SSSR count). The van der Waals surface area contributed by atoms with E-state index in [0.717, 1.165) is 36.3 Å². The number of hydrogen-bond donors (Lipinski definition) is 2. The number of carbonyl (C=O) groups is 1. The molecule has 1 amide bonds. The number of rotatable bonds is 6. The van der Waals surface area contributed by atoms with E-state index in [2.05, 4.69) is 29.1 Å². The second-order valence-electron chi connectivity index (χ2n) is 9.17. The molecular weight excluding hydrogens is 314 g/mol. The lowest BCUT2D eigenvalue weighted by atomic mass is 9.68. The molecule has 4 bridgehead atoms. The van der Waals surface area contributed by atoms with E-state index in [-0.39, 0.29) is 11.6 Å². The second-order valence-corrected chi connectivity index (χ2v) is 9.17. The predicted molar refractivity (Wildman–Crippen MR) is 96.3 cm³/mol. The van der Waals surface area contributed by atoms with Crippen LogP contribution in [0, 0.1) is 29.1 Å². The normalized spacial score (nSPS) is 32.5. The lowest BCUT2D eigenvalue weighted by molar-refractivity contribution is 0.0922. The van der Waals surface area contributed by atoms with E-state index < -0.39 is 5.69 Å². The monoisotopic (exact) mass is 343 g/mol. The summed E-state index contributed by atoms with van der Waals surface area (Å²) in [4.78, 5) is 30.7. The van der Waals surface area contributed by atoms with Crippen LogP contribution < -0.4 is 11.0 Å². The maximum Gasteiger partial charge on any atom is 0.345 e. The summed E-state index contributed by atoms with van der Waals surface area (Å²) in [7, 11) is 0. The van der Waals surface area contributed by atoms with E-state index in [1.54, 1.807) is 6.07 Å². The van der Waals surface area contributed by atoms with E-state index >= 15 is 0 Å². The van der Waals surface area contributed by atoms with Crippen molar-refractivity contribution in [2.45, 2.75) is 58.8 Å². The van der Waals surface area contributed by atoms with E-state index in [0.29, 0.717) is 17.9 Å². The number of nitrogens with one attached hydrogen (secondary N) is 2. The predicted octanol–water partition coefficient (Wildman–Crippen LogP) is 2.91. The molecule has 25 heavy (non-hydrogen) atoms. The molecule has 0 aromatic carbocycles. The Hall–Kier alpha value is -1.65. The van der Waals surface area contributed by atoms with Crippen LogP contribution in [0.3, 0.4) is 0 Å². The Kier molecular flexibility index (Phi) is 4.20. The standard InChI is InChI=1S/C20H29N3O2/c1-12(2)5-16-8-17(23-19(25)22-16)18(24)21-4-3-20-9-13-6-14(10-20)15(7-13)11-20/h8,12-15H,3-7,9-11H2,1-2H3,(H,21,24)(H,22,23,25). The Morgan fingerprint density at radius 2 is 2.04 bits per heavy atom. The highest BCUT2D eigenvalue weighted by Gasteiger charge is 2.55. The van der Waals surface area contributed by atoms with Crippen LogP contribution in [0.2, 0.25) is 0 Å². The lowest BCUT2D eigenvalue weighted by Gasteiger charge is -2.38. The minimum Gasteiger partial charge on any atom is -0.351 e. The zero-order chi connectivity index (χ0) is 17.6. The van der Waals surface area contributed by atoms with Gasteiger partial charge in [-0.25, -0.2) is 4.79 Å². The van der Waals surface area contributed by atoms with Crippen molar-refractivity contribution in [3.63, 3.8) is 0 Å². The topological polar surface area (TPSA) is 74.8 Å². The van der Waals surface area contributed by atoms with Gasteiger partial charge in [-0.15, -0.1) is 0 Å². The molecule has 2 atom stereocenters. The third kappa shape index (κ3) is 3.38. The number of nitrogens with zero attached hydrogens (tertiary/aromatic N) is 1. The van der Waals surface area contributed by atoms with Gasteiger partial charge in [0.1, 0.15) is 5.69 Å². The molecule has 0 radical (unpaired) electrons. The molecule has 4 fully saturated rings. The quantitative estimate of drug-likeness (QED) is 0.834. The molecule has 136 valence electrons. The van der Waals surface area contributed by atoms with Crippen LogP contribution in [0.5, 0.6) is 0 Å².